The van der Waals surface area contributed by atoms with Crippen LogP contribution in [-0.2, 0) is 22.6 Å². The number of ether oxygens (including phenoxy) is 1. The van der Waals surface area contributed by atoms with E-state index < -0.39 is 11.9 Å². The van der Waals surface area contributed by atoms with Crippen LogP contribution in [0.25, 0.3) is 0 Å². The van der Waals surface area contributed by atoms with Crippen LogP contribution >= 0.6 is 0 Å². The number of halogens is 1. The van der Waals surface area contributed by atoms with E-state index in [1.165, 1.54) is 18.0 Å². The number of hydrogen-bond acceptors (Lipinski definition) is 3. The normalized spacial score (nSPS) is 11.5. The molecule has 2 amide bonds. The molecule has 2 aromatic rings. The van der Waals surface area contributed by atoms with Gasteiger partial charge in [-0.05, 0) is 30.7 Å². The van der Waals surface area contributed by atoms with Gasteiger partial charge in [-0.15, -0.1) is 0 Å². The Morgan fingerprint density at radius 3 is 2.38 bits per heavy atom. The van der Waals surface area contributed by atoms with Gasteiger partial charge in [-0.1, -0.05) is 30.3 Å². The van der Waals surface area contributed by atoms with E-state index in [9.17, 15) is 14.0 Å². The minimum absolute atomic E-state index is 0.0241. The first-order valence-electron chi connectivity index (χ1n) is 8.33. The maximum Gasteiger partial charge on any atom is 0.242 e. The summed E-state index contributed by atoms with van der Waals surface area (Å²) in [6.07, 6.45) is 0.111. The van der Waals surface area contributed by atoms with Crippen molar-refractivity contribution in [3.63, 3.8) is 0 Å². The van der Waals surface area contributed by atoms with Gasteiger partial charge in [0.2, 0.25) is 11.8 Å². The predicted molar refractivity (Wildman–Crippen MR) is 97.2 cm³/mol. The second-order valence-corrected chi connectivity index (χ2v) is 5.93. The molecule has 0 saturated carbocycles. The van der Waals surface area contributed by atoms with E-state index in [0.717, 1.165) is 5.56 Å². The maximum atomic E-state index is 14.0. The predicted octanol–water partition coefficient (Wildman–Crippen LogP) is 2.54. The Labute approximate surface area is 152 Å². The molecule has 6 heteroatoms. The summed E-state index contributed by atoms with van der Waals surface area (Å²) < 4.78 is 19.1. The molecule has 1 atom stereocenters. The summed E-state index contributed by atoms with van der Waals surface area (Å²) in [5.41, 5.74) is 1.16. The average Bonchev–Trinajstić information content (AvgIpc) is 2.66. The highest BCUT2D eigenvalue weighted by atomic mass is 19.1. The van der Waals surface area contributed by atoms with Gasteiger partial charge >= 0.3 is 0 Å². The van der Waals surface area contributed by atoms with E-state index in [1.54, 1.807) is 56.5 Å². The van der Waals surface area contributed by atoms with Crippen molar-refractivity contribution < 1.29 is 18.7 Å². The molecular weight excluding hydrogens is 335 g/mol. The number of rotatable bonds is 7. The molecule has 0 aliphatic rings. The Kier molecular flexibility index (Phi) is 6.72. The monoisotopic (exact) mass is 358 g/mol. The molecule has 26 heavy (non-hydrogen) atoms. The van der Waals surface area contributed by atoms with Crippen LogP contribution in [0.2, 0.25) is 0 Å². The third kappa shape index (κ3) is 4.81. The molecule has 138 valence electrons. The van der Waals surface area contributed by atoms with Gasteiger partial charge in [0.15, 0.2) is 0 Å². The van der Waals surface area contributed by atoms with Crippen LogP contribution in [0.15, 0.2) is 48.5 Å². The number of hydrogen-bond donors (Lipinski definition) is 1. The van der Waals surface area contributed by atoms with Crippen LogP contribution < -0.4 is 10.1 Å². The fraction of sp³-hybridized carbons (Fsp3) is 0.300. The highest BCUT2D eigenvalue weighted by Crippen LogP contribution is 2.16. The maximum absolute atomic E-state index is 14.0. The van der Waals surface area contributed by atoms with E-state index in [4.69, 9.17) is 4.74 Å². The highest BCUT2D eigenvalue weighted by Gasteiger charge is 2.26. The Hall–Kier alpha value is -2.89. The largest absolute Gasteiger partial charge is 0.497 e. The lowest BCUT2D eigenvalue weighted by atomic mass is 10.1. The Morgan fingerprint density at radius 2 is 1.81 bits per heavy atom. The average molecular weight is 358 g/mol. The Morgan fingerprint density at radius 1 is 1.15 bits per heavy atom. The molecule has 0 heterocycles. The Balaban J connectivity index is 2.22. The summed E-state index contributed by atoms with van der Waals surface area (Å²) in [5, 5.41) is 2.54. The van der Waals surface area contributed by atoms with Gasteiger partial charge in [-0.25, -0.2) is 4.39 Å². The van der Waals surface area contributed by atoms with Crippen molar-refractivity contribution in [2.75, 3.05) is 14.2 Å². The molecule has 0 spiro atoms. The number of amides is 2. The van der Waals surface area contributed by atoms with Crippen LogP contribution in [0.5, 0.6) is 5.75 Å². The molecule has 1 unspecified atom stereocenters. The van der Waals surface area contributed by atoms with Crippen molar-refractivity contribution >= 4 is 11.8 Å². The number of nitrogens with zero attached hydrogens (tertiary/aromatic N) is 1. The zero-order valence-electron chi connectivity index (χ0n) is 15.2. The van der Waals surface area contributed by atoms with Gasteiger partial charge in [0.05, 0.1) is 13.5 Å². The summed E-state index contributed by atoms with van der Waals surface area (Å²) >= 11 is 0. The lowest BCUT2D eigenvalue weighted by Crippen LogP contribution is -2.47. The van der Waals surface area contributed by atoms with Gasteiger partial charge in [-0.3, -0.25) is 9.59 Å². The van der Waals surface area contributed by atoms with Crippen LogP contribution in [0.3, 0.4) is 0 Å². The number of carbonyl (C=O) groups is 2. The van der Waals surface area contributed by atoms with Crippen molar-refractivity contribution in [2.24, 2.45) is 0 Å². The number of nitrogens with one attached hydrogen (secondary N) is 1. The summed E-state index contributed by atoms with van der Waals surface area (Å²) in [4.78, 5) is 26.3. The smallest absolute Gasteiger partial charge is 0.242 e. The topological polar surface area (TPSA) is 58.6 Å². The third-order valence-corrected chi connectivity index (χ3v) is 4.23. The number of carbonyl (C=O) groups excluding carboxylic acids is 2. The van der Waals surface area contributed by atoms with E-state index in [2.05, 4.69) is 5.32 Å². The van der Waals surface area contributed by atoms with Crippen LogP contribution in [0, 0.1) is 5.82 Å². The fourth-order valence-electron chi connectivity index (χ4n) is 2.62. The minimum Gasteiger partial charge on any atom is -0.497 e. The second kappa shape index (κ2) is 8.99. The van der Waals surface area contributed by atoms with Crippen molar-refractivity contribution in [3.8, 4) is 5.75 Å². The van der Waals surface area contributed by atoms with E-state index in [-0.39, 0.29) is 24.8 Å². The lowest BCUT2D eigenvalue weighted by Gasteiger charge is -2.28. The van der Waals surface area contributed by atoms with E-state index >= 15 is 0 Å². The zero-order valence-corrected chi connectivity index (χ0v) is 15.2. The van der Waals surface area contributed by atoms with Crippen LogP contribution in [0.4, 0.5) is 4.39 Å². The van der Waals surface area contributed by atoms with Gasteiger partial charge < -0.3 is 15.0 Å². The highest BCUT2D eigenvalue weighted by molar-refractivity contribution is 5.88. The van der Waals surface area contributed by atoms with E-state index in [0.29, 0.717) is 11.3 Å². The first-order chi connectivity index (χ1) is 12.5. The fourth-order valence-corrected chi connectivity index (χ4v) is 2.62. The van der Waals surface area contributed by atoms with Crippen LogP contribution in [-0.4, -0.2) is 36.9 Å². The SMILES string of the molecule is CNC(=O)C(C)N(Cc1ccccc1F)C(=O)Cc1ccc(OC)cc1. The summed E-state index contributed by atoms with van der Waals surface area (Å²) in [6, 6.07) is 12.7. The summed E-state index contributed by atoms with van der Waals surface area (Å²) in [6.45, 7) is 1.65. The molecule has 1 N–H and O–H groups in total. The second-order valence-electron chi connectivity index (χ2n) is 5.93. The van der Waals surface area contributed by atoms with Crippen molar-refractivity contribution in [1.29, 1.82) is 0 Å². The molecule has 5 nitrogen and oxygen atoms in total. The van der Waals surface area contributed by atoms with Crippen molar-refractivity contribution in [3.05, 3.63) is 65.5 Å². The van der Waals surface area contributed by atoms with Crippen LogP contribution in [0.1, 0.15) is 18.1 Å². The minimum atomic E-state index is -0.717. The molecule has 0 radical (unpaired) electrons. The molecule has 0 fully saturated rings. The van der Waals surface area contributed by atoms with Crippen molar-refractivity contribution in [1.82, 2.24) is 10.2 Å². The molecule has 2 aromatic carbocycles. The third-order valence-electron chi connectivity index (χ3n) is 4.23. The molecular formula is C20H23FN2O3. The van der Waals surface area contributed by atoms with Crippen molar-refractivity contribution in [2.45, 2.75) is 25.9 Å². The van der Waals surface area contributed by atoms with Gasteiger partial charge in [-0.2, -0.15) is 0 Å². The number of benzene rings is 2. The summed E-state index contributed by atoms with van der Waals surface area (Å²) in [5.74, 6) is -0.263. The Bertz CT molecular complexity index is 762. The number of likely N-dealkylation sites (N-methyl/N-ethyl adjacent to an activating group) is 1. The molecule has 0 aliphatic carbocycles. The molecule has 0 aliphatic heterocycles. The lowest BCUT2D eigenvalue weighted by molar-refractivity contribution is -0.139. The molecule has 0 bridgehead atoms. The van der Waals surface area contributed by atoms with E-state index in [1.807, 2.05) is 0 Å². The van der Waals surface area contributed by atoms with Gasteiger partial charge in [0.25, 0.3) is 0 Å². The first-order valence-corrected chi connectivity index (χ1v) is 8.33. The molecule has 0 saturated heterocycles. The first kappa shape index (κ1) is 19.4. The zero-order chi connectivity index (χ0) is 19.1. The molecule has 2 rings (SSSR count). The standard InChI is InChI=1S/C20H23FN2O3/c1-14(20(25)22-2)23(13-16-6-4-5-7-18(16)21)19(24)12-15-8-10-17(26-3)11-9-15/h4-11,14H,12-13H2,1-3H3,(H,22,25). The quantitative estimate of drug-likeness (QED) is 0.827. The summed E-state index contributed by atoms with van der Waals surface area (Å²) in [7, 11) is 3.08. The van der Waals surface area contributed by atoms with Gasteiger partial charge in [0.1, 0.15) is 17.6 Å². The van der Waals surface area contributed by atoms with Gasteiger partial charge in [0, 0.05) is 19.2 Å². The number of methoxy groups -OCH3 is 1. The molecule has 0 aromatic heterocycles.